The number of carbonyl (C=O) groups excluding carboxylic acids is 2. The van der Waals surface area contributed by atoms with Crippen LogP contribution in [-0.4, -0.2) is 11.8 Å². The van der Waals surface area contributed by atoms with E-state index in [4.69, 9.17) is 0 Å². The van der Waals surface area contributed by atoms with Crippen molar-refractivity contribution < 1.29 is 9.59 Å². The first kappa shape index (κ1) is 15.5. The van der Waals surface area contributed by atoms with E-state index >= 15 is 0 Å². The molecule has 0 atom stereocenters. The lowest BCUT2D eigenvalue weighted by atomic mass is 9.86. The second-order valence-electron chi connectivity index (χ2n) is 5.15. The molecule has 1 aliphatic carbocycles. The van der Waals surface area contributed by atoms with Crippen LogP contribution in [0.15, 0.2) is 15.9 Å². The Morgan fingerprint density at radius 3 is 2.60 bits per heavy atom. The Bertz CT molecular complexity index is 469. The normalized spacial score (nSPS) is 15.8. The molecule has 0 radical (unpaired) electrons. The largest absolute Gasteiger partial charge is 0.279 e. The van der Waals surface area contributed by atoms with Gasteiger partial charge in [0.05, 0.1) is 8.66 Å². The summed E-state index contributed by atoms with van der Waals surface area (Å²) in [6.07, 6.45) is 7.79. The van der Waals surface area contributed by atoms with Crippen LogP contribution >= 0.6 is 27.3 Å². The minimum absolute atomic E-state index is 0.112. The van der Waals surface area contributed by atoms with Gasteiger partial charge in [0.1, 0.15) is 0 Å². The molecular formula is C14H19BrN2O2S. The third kappa shape index (κ3) is 4.90. The molecule has 2 amide bonds. The van der Waals surface area contributed by atoms with Crippen molar-refractivity contribution in [2.24, 2.45) is 5.92 Å². The summed E-state index contributed by atoms with van der Waals surface area (Å²) in [6.45, 7) is 0. The summed E-state index contributed by atoms with van der Waals surface area (Å²) in [7, 11) is 0. The van der Waals surface area contributed by atoms with Gasteiger partial charge in [0.15, 0.2) is 0 Å². The number of amides is 2. The molecule has 4 nitrogen and oxygen atoms in total. The first-order valence-electron chi connectivity index (χ1n) is 6.99. The summed E-state index contributed by atoms with van der Waals surface area (Å²) in [4.78, 5) is 24.0. The zero-order valence-corrected chi connectivity index (χ0v) is 13.7. The van der Waals surface area contributed by atoms with Crippen LogP contribution in [-0.2, 0) is 4.79 Å². The molecule has 1 saturated carbocycles. The number of thiophene rings is 1. The molecular weight excluding hydrogens is 340 g/mol. The maximum absolute atomic E-state index is 11.7. The number of rotatable bonds is 4. The van der Waals surface area contributed by atoms with Crippen molar-refractivity contribution in [3.63, 3.8) is 0 Å². The average Bonchev–Trinajstić information content (AvgIpc) is 2.90. The van der Waals surface area contributed by atoms with E-state index in [0.29, 0.717) is 17.2 Å². The van der Waals surface area contributed by atoms with Gasteiger partial charge in [-0.1, -0.05) is 32.1 Å². The van der Waals surface area contributed by atoms with Crippen LogP contribution in [0.1, 0.15) is 54.6 Å². The van der Waals surface area contributed by atoms with Gasteiger partial charge in [-0.25, -0.2) is 0 Å². The Morgan fingerprint density at radius 1 is 1.20 bits per heavy atom. The smallest absolute Gasteiger partial charge is 0.273 e. The Labute approximate surface area is 131 Å². The molecule has 20 heavy (non-hydrogen) atoms. The van der Waals surface area contributed by atoms with Gasteiger partial charge in [0, 0.05) is 6.42 Å². The molecule has 0 aromatic carbocycles. The van der Waals surface area contributed by atoms with Crippen LogP contribution in [0.2, 0.25) is 0 Å². The lowest BCUT2D eigenvalue weighted by Gasteiger charge is -2.20. The van der Waals surface area contributed by atoms with E-state index in [2.05, 4.69) is 26.8 Å². The molecule has 1 aromatic heterocycles. The highest BCUT2D eigenvalue weighted by Crippen LogP contribution is 2.27. The molecule has 1 aliphatic rings. The highest BCUT2D eigenvalue weighted by molar-refractivity contribution is 9.11. The summed E-state index contributed by atoms with van der Waals surface area (Å²) in [5, 5.41) is 0. The van der Waals surface area contributed by atoms with Gasteiger partial charge in [-0.05, 0) is 40.4 Å². The van der Waals surface area contributed by atoms with Crippen molar-refractivity contribution in [3.05, 3.63) is 20.8 Å². The van der Waals surface area contributed by atoms with Gasteiger partial charge in [0.25, 0.3) is 5.91 Å². The number of halogens is 1. The van der Waals surface area contributed by atoms with E-state index < -0.39 is 0 Å². The number of hydrogen-bond donors (Lipinski definition) is 2. The van der Waals surface area contributed by atoms with E-state index in [0.717, 1.165) is 10.2 Å². The molecule has 0 bridgehead atoms. The summed E-state index contributed by atoms with van der Waals surface area (Å²) in [6, 6.07) is 3.53. The summed E-state index contributed by atoms with van der Waals surface area (Å²) in [5.74, 6) is 0.296. The molecule has 1 aromatic rings. The van der Waals surface area contributed by atoms with Crippen LogP contribution in [0.4, 0.5) is 0 Å². The number of carbonyl (C=O) groups is 2. The van der Waals surface area contributed by atoms with Gasteiger partial charge < -0.3 is 0 Å². The fraction of sp³-hybridized carbons (Fsp3) is 0.571. The van der Waals surface area contributed by atoms with E-state index in [9.17, 15) is 9.59 Å². The lowest BCUT2D eigenvalue weighted by Crippen LogP contribution is -2.41. The van der Waals surface area contributed by atoms with Crippen molar-refractivity contribution in [3.8, 4) is 0 Å². The van der Waals surface area contributed by atoms with Crippen LogP contribution in [0, 0.1) is 5.92 Å². The highest BCUT2D eigenvalue weighted by Gasteiger charge is 2.15. The van der Waals surface area contributed by atoms with Crippen molar-refractivity contribution >= 4 is 39.1 Å². The maximum atomic E-state index is 11.7. The summed E-state index contributed by atoms with van der Waals surface area (Å²) in [5.41, 5.74) is 4.93. The van der Waals surface area contributed by atoms with Gasteiger partial charge >= 0.3 is 0 Å². The third-order valence-electron chi connectivity index (χ3n) is 3.62. The Kier molecular flexibility index (Phi) is 6.04. The van der Waals surface area contributed by atoms with Crippen LogP contribution < -0.4 is 10.9 Å². The van der Waals surface area contributed by atoms with Crippen LogP contribution in [0.3, 0.4) is 0 Å². The van der Waals surface area contributed by atoms with E-state index in [-0.39, 0.29) is 11.8 Å². The second kappa shape index (κ2) is 7.78. The zero-order chi connectivity index (χ0) is 14.4. The van der Waals surface area contributed by atoms with E-state index in [1.165, 1.54) is 43.4 Å². The molecule has 0 aliphatic heterocycles. The molecule has 0 saturated heterocycles. The molecule has 2 N–H and O–H groups in total. The SMILES string of the molecule is O=C(CCC1CCCCC1)NNC(=O)c1ccc(Br)s1. The average molecular weight is 359 g/mol. The van der Waals surface area contributed by atoms with Crippen molar-refractivity contribution in [1.82, 2.24) is 10.9 Å². The van der Waals surface area contributed by atoms with Crippen molar-refractivity contribution in [2.45, 2.75) is 44.9 Å². The third-order valence-corrected chi connectivity index (χ3v) is 5.24. The molecule has 110 valence electrons. The van der Waals surface area contributed by atoms with Crippen LogP contribution in [0.5, 0.6) is 0 Å². The number of hydrogen-bond acceptors (Lipinski definition) is 3. The fourth-order valence-corrected chi connectivity index (χ4v) is 3.78. The first-order chi connectivity index (χ1) is 9.65. The minimum Gasteiger partial charge on any atom is -0.273 e. The second-order valence-corrected chi connectivity index (χ2v) is 7.61. The summed E-state index contributed by atoms with van der Waals surface area (Å²) >= 11 is 4.64. The Morgan fingerprint density at radius 2 is 1.95 bits per heavy atom. The van der Waals surface area contributed by atoms with Gasteiger partial charge in [-0.2, -0.15) is 0 Å². The van der Waals surface area contributed by atoms with Crippen molar-refractivity contribution in [2.75, 3.05) is 0 Å². The van der Waals surface area contributed by atoms with Crippen LogP contribution in [0.25, 0.3) is 0 Å². The van der Waals surface area contributed by atoms with Gasteiger partial charge in [0.2, 0.25) is 5.91 Å². The Balaban J connectivity index is 1.65. The standard InChI is InChI=1S/C14H19BrN2O2S/c15-12-8-7-11(20-12)14(19)17-16-13(18)9-6-10-4-2-1-3-5-10/h7-8,10H,1-6,9H2,(H,16,18)(H,17,19). The predicted octanol–water partition coefficient (Wildman–Crippen LogP) is 3.63. The van der Waals surface area contributed by atoms with Gasteiger partial charge in [-0.15, -0.1) is 11.3 Å². The first-order valence-corrected chi connectivity index (χ1v) is 8.60. The van der Waals surface area contributed by atoms with Crippen molar-refractivity contribution in [1.29, 1.82) is 0 Å². The zero-order valence-electron chi connectivity index (χ0n) is 11.3. The van der Waals surface area contributed by atoms with E-state index in [1.807, 2.05) is 6.07 Å². The Hall–Kier alpha value is -0.880. The lowest BCUT2D eigenvalue weighted by molar-refractivity contribution is -0.122. The molecule has 0 spiro atoms. The topological polar surface area (TPSA) is 58.2 Å². The maximum Gasteiger partial charge on any atom is 0.279 e. The fourth-order valence-electron chi connectivity index (χ4n) is 2.50. The molecule has 1 fully saturated rings. The minimum atomic E-state index is -0.272. The van der Waals surface area contributed by atoms with Gasteiger partial charge in [-0.3, -0.25) is 20.4 Å². The van der Waals surface area contributed by atoms with E-state index in [1.54, 1.807) is 6.07 Å². The summed E-state index contributed by atoms with van der Waals surface area (Å²) < 4.78 is 0.895. The number of nitrogens with one attached hydrogen (secondary N) is 2. The predicted molar refractivity (Wildman–Crippen MR) is 83.4 cm³/mol. The number of hydrazine groups is 1. The quantitative estimate of drug-likeness (QED) is 0.807. The molecule has 0 unspecified atom stereocenters. The molecule has 6 heteroatoms. The molecule has 1 heterocycles. The monoisotopic (exact) mass is 358 g/mol. The highest BCUT2D eigenvalue weighted by atomic mass is 79.9. The molecule has 2 rings (SSSR count).